The average molecular weight is 579 g/mol. The number of hydrogen-bond donors (Lipinski definition) is 1. The zero-order valence-corrected chi connectivity index (χ0v) is 28.8. The van der Waals surface area contributed by atoms with Gasteiger partial charge in [-0.1, -0.05) is 175 Å². The van der Waals surface area contributed by atoms with E-state index in [1.54, 1.807) is 0 Å². The lowest BCUT2D eigenvalue weighted by atomic mass is 9.92. The van der Waals surface area contributed by atoms with E-state index in [1.165, 1.54) is 153 Å². The Hall–Kier alpha value is -0.830. The van der Waals surface area contributed by atoms with E-state index in [4.69, 9.17) is 4.74 Å². The topological polar surface area (TPSA) is 46.5 Å². The number of carbonyl (C=O) groups excluding carboxylic acids is 1. The number of rotatable bonds is 31. The second kappa shape index (κ2) is 29.3. The molecule has 0 radical (unpaired) electrons. The van der Waals surface area contributed by atoms with Crippen LogP contribution in [0.1, 0.15) is 208 Å². The van der Waals surface area contributed by atoms with Crippen molar-refractivity contribution in [1.29, 1.82) is 0 Å². The number of esters is 1. The van der Waals surface area contributed by atoms with Crippen LogP contribution in [0.3, 0.4) is 0 Å². The van der Waals surface area contributed by atoms with Crippen LogP contribution in [0.15, 0.2) is 11.1 Å². The molecule has 0 spiro atoms. The average Bonchev–Trinajstić information content (AvgIpc) is 2.97. The Morgan fingerprint density at radius 3 is 1.17 bits per heavy atom. The van der Waals surface area contributed by atoms with Crippen molar-refractivity contribution in [2.75, 3.05) is 13.2 Å². The summed E-state index contributed by atoms with van der Waals surface area (Å²) in [4.78, 5) is 13.5. The highest BCUT2D eigenvalue weighted by atomic mass is 16.5. The molecule has 1 N–H and O–H groups in total. The number of aliphatic hydroxyl groups is 1. The van der Waals surface area contributed by atoms with Crippen LogP contribution in [0.25, 0.3) is 0 Å². The molecule has 0 fully saturated rings. The number of hydrogen-bond acceptors (Lipinski definition) is 3. The number of ether oxygens (including phenoxy) is 1. The number of carbonyl (C=O) groups is 1. The molecule has 0 rings (SSSR count). The van der Waals surface area contributed by atoms with Gasteiger partial charge in [0.25, 0.3) is 0 Å². The summed E-state index contributed by atoms with van der Waals surface area (Å²) in [6.07, 6.45) is 34.3. The summed E-state index contributed by atoms with van der Waals surface area (Å²) in [6.45, 7) is 11.1. The lowest BCUT2D eigenvalue weighted by Gasteiger charge is -2.22. The summed E-state index contributed by atoms with van der Waals surface area (Å²) in [6, 6.07) is 0. The molecule has 0 heterocycles. The largest absolute Gasteiger partial charge is 0.462 e. The standard InChI is InChI=1S/C38H74O3/c1-6-9-12-15-18-21-24-27-30-35(31-28-25-22-19-16-13-10-7-2)36(37(40)41-34-38(4,5)33-39)32-29-26-23-20-17-14-11-8-3/h39H,6-34H2,1-5H3. The summed E-state index contributed by atoms with van der Waals surface area (Å²) in [7, 11) is 0. The van der Waals surface area contributed by atoms with Crippen LogP contribution in [0.2, 0.25) is 0 Å². The highest BCUT2D eigenvalue weighted by Crippen LogP contribution is 2.27. The van der Waals surface area contributed by atoms with Gasteiger partial charge in [0.1, 0.15) is 0 Å². The second-order valence-electron chi connectivity index (χ2n) is 13.7. The van der Waals surface area contributed by atoms with Crippen molar-refractivity contribution in [1.82, 2.24) is 0 Å². The van der Waals surface area contributed by atoms with Crippen LogP contribution in [0.4, 0.5) is 0 Å². The van der Waals surface area contributed by atoms with Gasteiger partial charge in [-0.3, -0.25) is 0 Å². The molecule has 0 aromatic carbocycles. The molecule has 0 bridgehead atoms. The van der Waals surface area contributed by atoms with Crippen molar-refractivity contribution in [2.45, 2.75) is 208 Å². The lowest BCUT2D eigenvalue weighted by molar-refractivity contribution is -0.143. The fourth-order valence-corrected chi connectivity index (χ4v) is 5.62. The Labute approximate surface area is 258 Å². The molecule has 0 atom stereocenters. The SMILES string of the molecule is CCCCCCCCCCC(CCCCCCCCCC)=C(CCCCCCCCCC)C(=O)OCC(C)(C)CO. The molecule has 244 valence electrons. The van der Waals surface area contributed by atoms with Crippen LogP contribution in [-0.2, 0) is 9.53 Å². The maximum atomic E-state index is 13.5. The second-order valence-corrected chi connectivity index (χ2v) is 13.7. The summed E-state index contributed by atoms with van der Waals surface area (Å²) in [5.74, 6) is -0.108. The molecule has 0 aliphatic heterocycles. The first-order valence-electron chi connectivity index (χ1n) is 18.4. The Morgan fingerprint density at radius 2 is 0.829 bits per heavy atom. The molecule has 0 amide bonds. The van der Waals surface area contributed by atoms with Gasteiger partial charge < -0.3 is 9.84 Å². The molecule has 3 nitrogen and oxygen atoms in total. The van der Waals surface area contributed by atoms with Crippen molar-refractivity contribution in [3.8, 4) is 0 Å². The van der Waals surface area contributed by atoms with E-state index in [0.717, 1.165) is 31.3 Å². The fourth-order valence-electron chi connectivity index (χ4n) is 5.62. The Bertz CT molecular complexity index is 585. The quantitative estimate of drug-likeness (QED) is 0.0505. The smallest absolute Gasteiger partial charge is 0.333 e. The number of allylic oxidation sites excluding steroid dienone is 1. The van der Waals surface area contributed by atoms with Crippen molar-refractivity contribution in [3.63, 3.8) is 0 Å². The van der Waals surface area contributed by atoms with Gasteiger partial charge in [-0.15, -0.1) is 0 Å². The Morgan fingerprint density at radius 1 is 0.512 bits per heavy atom. The number of aliphatic hydroxyl groups excluding tert-OH is 1. The Kier molecular flexibility index (Phi) is 28.7. The highest BCUT2D eigenvalue weighted by molar-refractivity contribution is 5.89. The van der Waals surface area contributed by atoms with E-state index in [1.807, 2.05) is 13.8 Å². The van der Waals surface area contributed by atoms with Crippen LogP contribution in [0.5, 0.6) is 0 Å². The van der Waals surface area contributed by atoms with E-state index >= 15 is 0 Å². The molecular formula is C38H74O3. The predicted molar refractivity (Wildman–Crippen MR) is 181 cm³/mol. The summed E-state index contributed by atoms with van der Waals surface area (Å²) >= 11 is 0. The van der Waals surface area contributed by atoms with Gasteiger partial charge in [0.2, 0.25) is 0 Å². The summed E-state index contributed by atoms with van der Waals surface area (Å²) in [5, 5.41) is 9.70. The molecular weight excluding hydrogens is 504 g/mol. The monoisotopic (exact) mass is 579 g/mol. The van der Waals surface area contributed by atoms with Gasteiger partial charge in [-0.25, -0.2) is 4.79 Å². The van der Waals surface area contributed by atoms with Crippen LogP contribution in [0, 0.1) is 5.41 Å². The first-order chi connectivity index (χ1) is 19.9. The minimum atomic E-state index is -0.394. The van der Waals surface area contributed by atoms with Gasteiger partial charge in [0.05, 0.1) is 13.2 Å². The summed E-state index contributed by atoms with van der Waals surface area (Å²) < 4.78 is 5.87. The summed E-state index contributed by atoms with van der Waals surface area (Å²) in [5.41, 5.74) is 1.97. The van der Waals surface area contributed by atoms with E-state index in [9.17, 15) is 9.90 Å². The van der Waals surface area contributed by atoms with E-state index in [0.29, 0.717) is 0 Å². The molecule has 0 aromatic heterocycles. The van der Waals surface area contributed by atoms with Gasteiger partial charge in [0.15, 0.2) is 0 Å². The van der Waals surface area contributed by atoms with Crippen LogP contribution >= 0.6 is 0 Å². The first-order valence-corrected chi connectivity index (χ1v) is 18.4. The number of unbranched alkanes of at least 4 members (excludes halogenated alkanes) is 21. The van der Waals surface area contributed by atoms with Crippen LogP contribution < -0.4 is 0 Å². The van der Waals surface area contributed by atoms with E-state index in [2.05, 4.69) is 20.8 Å². The molecule has 0 saturated carbocycles. The van der Waals surface area contributed by atoms with Gasteiger partial charge in [-0.05, 0) is 38.5 Å². The van der Waals surface area contributed by atoms with E-state index < -0.39 is 5.41 Å². The molecule has 0 aliphatic carbocycles. The molecule has 0 saturated heterocycles. The van der Waals surface area contributed by atoms with Crippen LogP contribution in [-0.4, -0.2) is 24.3 Å². The van der Waals surface area contributed by atoms with Gasteiger partial charge in [0, 0.05) is 11.0 Å². The van der Waals surface area contributed by atoms with Crippen molar-refractivity contribution >= 4 is 5.97 Å². The highest BCUT2D eigenvalue weighted by Gasteiger charge is 2.22. The molecule has 0 aliphatic rings. The predicted octanol–water partition coefficient (Wildman–Crippen LogP) is 12.4. The molecule has 3 heteroatoms. The fraction of sp³-hybridized carbons (Fsp3) is 0.921. The maximum absolute atomic E-state index is 13.5. The molecule has 0 unspecified atom stereocenters. The van der Waals surface area contributed by atoms with Crippen molar-refractivity contribution in [3.05, 3.63) is 11.1 Å². The zero-order chi connectivity index (χ0) is 30.4. The lowest BCUT2D eigenvalue weighted by Crippen LogP contribution is -2.26. The van der Waals surface area contributed by atoms with Crippen molar-refractivity contribution in [2.24, 2.45) is 5.41 Å². The Balaban J connectivity index is 5.21. The van der Waals surface area contributed by atoms with Gasteiger partial charge in [-0.2, -0.15) is 0 Å². The van der Waals surface area contributed by atoms with Gasteiger partial charge >= 0.3 is 5.97 Å². The first kappa shape index (κ1) is 40.2. The third-order valence-electron chi connectivity index (χ3n) is 8.64. The normalized spacial score (nSPS) is 11.7. The zero-order valence-electron chi connectivity index (χ0n) is 28.8. The maximum Gasteiger partial charge on any atom is 0.333 e. The molecule has 0 aromatic rings. The minimum absolute atomic E-state index is 0.0285. The third kappa shape index (κ3) is 25.4. The van der Waals surface area contributed by atoms with Crippen molar-refractivity contribution < 1.29 is 14.6 Å². The third-order valence-corrected chi connectivity index (χ3v) is 8.64. The minimum Gasteiger partial charge on any atom is -0.462 e. The molecule has 41 heavy (non-hydrogen) atoms. The van der Waals surface area contributed by atoms with E-state index in [-0.39, 0.29) is 19.2 Å².